The molecular weight excluding hydrogens is 414 g/mol. The lowest BCUT2D eigenvalue weighted by atomic mass is 9.81. The fraction of sp³-hybridized carbons (Fsp3) is 0.407. The van der Waals surface area contributed by atoms with Crippen LogP contribution in [-0.2, 0) is 13.0 Å². The van der Waals surface area contributed by atoms with Crippen LogP contribution in [0.2, 0.25) is 0 Å². The van der Waals surface area contributed by atoms with Crippen molar-refractivity contribution < 1.29 is 9.47 Å². The molecule has 1 aromatic heterocycles. The number of nitrogens with zero attached hydrogens (tertiary/aromatic N) is 2. The van der Waals surface area contributed by atoms with Gasteiger partial charge in [0.15, 0.2) is 0 Å². The molecule has 1 aliphatic rings. The summed E-state index contributed by atoms with van der Waals surface area (Å²) in [7, 11) is 3.30. The SMILES string of the molecule is COc1ccc(OC)c(/C=C/Cc2nc3ccccc3c(=O)n2CC2CCCC(CN)C2)c1. The van der Waals surface area contributed by atoms with Gasteiger partial charge in [0.25, 0.3) is 5.56 Å². The first-order valence-electron chi connectivity index (χ1n) is 11.7. The fourth-order valence-electron chi connectivity index (χ4n) is 4.86. The molecule has 1 heterocycles. The van der Waals surface area contributed by atoms with Gasteiger partial charge in [-0.25, -0.2) is 4.98 Å². The summed E-state index contributed by atoms with van der Waals surface area (Å²) in [6.45, 7) is 1.41. The Morgan fingerprint density at radius 1 is 1.12 bits per heavy atom. The molecule has 3 aromatic rings. The van der Waals surface area contributed by atoms with Crippen molar-refractivity contribution in [2.24, 2.45) is 17.6 Å². The second-order valence-corrected chi connectivity index (χ2v) is 8.81. The van der Waals surface area contributed by atoms with E-state index in [1.165, 1.54) is 12.8 Å². The van der Waals surface area contributed by atoms with E-state index in [1.54, 1.807) is 14.2 Å². The van der Waals surface area contributed by atoms with E-state index in [1.807, 2.05) is 59.2 Å². The molecule has 0 bridgehead atoms. The molecule has 0 radical (unpaired) electrons. The summed E-state index contributed by atoms with van der Waals surface area (Å²) in [5.74, 6) is 3.33. The lowest BCUT2D eigenvalue weighted by Gasteiger charge is -2.29. The van der Waals surface area contributed by atoms with Crippen LogP contribution in [0.4, 0.5) is 0 Å². The molecule has 6 heteroatoms. The standard InChI is InChI=1S/C27H33N3O3/c1-32-22-13-14-25(33-2)21(16-22)9-6-12-26-29-24-11-4-3-10-23(24)27(31)30(26)18-20-8-5-7-19(15-20)17-28/h3-4,6,9-11,13-14,16,19-20H,5,7-8,12,15,17-18,28H2,1-2H3/b9-6+. The zero-order valence-corrected chi connectivity index (χ0v) is 19.5. The van der Waals surface area contributed by atoms with Gasteiger partial charge in [0.2, 0.25) is 0 Å². The predicted octanol–water partition coefficient (Wildman–Crippen LogP) is 4.43. The van der Waals surface area contributed by atoms with E-state index in [-0.39, 0.29) is 5.56 Å². The van der Waals surface area contributed by atoms with Gasteiger partial charge in [-0.05, 0) is 68.0 Å². The highest BCUT2D eigenvalue weighted by Crippen LogP contribution is 2.30. The number of methoxy groups -OCH3 is 2. The van der Waals surface area contributed by atoms with E-state index in [2.05, 4.69) is 0 Å². The molecule has 1 aliphatic carbocycles. The summed E-state index contributed by atoms with van der Waals surface area (Å²) >= 11 is 0. The average Bonchev–Trinajstić information content (AvgIpc) is 2.86. The number of para-hydroxylation sites is 1. The molecule has 4 rings (SSSR count). The van der Waals surface area contributed by atoms with Crippen molar-refractivity contribution in [3.63, 3.8) is 0 Å². The monoisotopic (exact) mass is 447 g/mol. The number of hydrogen-bond donors (Lipinski definition) is 1. The predicted molar refractivity (Wildman–Crippen MR) is 133 cm³/mol. The van der Waals surface area contributed by atoms with Crippen LogP contribution < -0.4 is 20.8 Å². The second kappa shape index (κ2) is 10.7. The normalized spacial score (nSPS) is 18.6. The van der Waals surface area contributed by atoms with Gasteiger partial charge in [0, 0.05) is 18.5 Å². The second-order valence-electron chi connectivity index (χ2n) is 8.81. The molecule has 1 fully saturated rings. The van der Waals surface area contributed by atoms with Gasteiger partial charge < -0.3 is 15.2 Å². The summed E-state index contributed by atoms with van der Waals surface area (Å²) < 4.78 is 12.7. The number of rotatable bonds is 8. The number of hydrogen-bond acceptors (Lipinski definition) is 5. The first-order valence-corrected chi connectivity index (χ1v) is 11.7. The Balaban J connectivity index is 1.66. The molecule has 0 saturated heterocycles. The number of benzene rings is 2. The summed E-state index contributed by atoms with van der Waals surface area (Å²) in [5, 5.41) is 0.672. The van der Waals surface area contributed by atoms with Crippen molar-refractivity contribution in [1.82, 2.24) is 9.55 Å². The Bertz CT molecular complexity index is 1180. The van der Waals surface area contributed by atoms with Crippen LogP contribution in [0.15, 0.2) is 53.3 Å². The molecule has 2 aromatic carbocycles. The molecule has 6 nitrogen and oxygen atoms in total. The third-order valence-electron chi connectivity index (χ3n) is 6.64. The molecule has 2 atom stereocenters. The molecule has 2 N–H and O–H groups in total. The quantitative estimate of drug-likeness (QED) is 0.552. The number of fused-ring (bicyclic) bond motifs is 1. The van der Waals surface area contributed by atoms with E-state index in [0.29, 0.717) is 30.2 Å². The first kappa shape index (κ1) is 23.1. The molecule has 33 heavy (non-hydrogen) atoms. The molecule has 0 amide bonds. The average molecular weight is 448 g/mol. The van der Waals surface area contributed by atoms with Crippen LogP contribution >= 0.6 is 0 Å². The summed E-state index contributed by atoms with van der Waals surface area (Å²) in [5.41, 5.74) is 7.65. The topological polar surface area (TPSA) is 79.4 Å². The maximum Gasteiger partial charge on any atom is 0.261 e. The highest BCUT2D eigenvalue weighted by Gasteiger charge is 2.23. The zero-order valence-electron chi connectivity index (χ0n) is 19.5. The Hall–Kier alpha value is -3.12. The number of allylic oxidation sites excluding steroid dienone is 1. The van der Waals surface area contributed by atoms with E-state index in [4.69, 9.17) is 20.2 Å². The van der Waals surface area contributed by atoms with Gasteiger partial charge in [-0.15, -0.1) is 0 Å². The van der Waals surface area contributed by atoms with Gasteiger partial charge in [0.05, 0.1) is 25.1 Å². The summed E-state index contributed by atoms with van der Waals surface area (Å²) in [6, 6.07) is 13.3. The first-order chi connectivity index (χ1) is 16.1. The van der Waals surface area contributed by atoms with Crippen LogP contribution in [0.3, 0.4) is 0 Å². The molecule has 0 aliphatic heterocycles. The molecule has 0 spiro atoms. The molecule has 1 saturated carbocycles. The Morgan fingerprint density at radius 3 is 2.73 bits per heavy atom. The maximum absolute atomic E-state index is 13.4. The number of nitrogens with two attached hydrogens (primary N) is 1. The zero-order chi connectivity index (χ0) is 23.2. The molecular formula is C27H33N3O3. The number of ether oxygens (including phenoxy) is 2. The number of aromatic nitrogens is 2. The van der Waals surface area contributed by atoms with Gasteiger partial charge >= 0.3 is 0 Å². The lowest BCUT2D eigenvalue weighted by Crippen LogP contribution is -2.31. The van der Waals surface area contributed by atoms with Crippen LogP contribution in [-0.4, -0.2) is 30.3 Å². The highest BCUT2D eigenvalue weighted by molar-refractivity contribution is 5.77. The van der Waals surface area contributed by atoms with Crippen LogP contribution in [0.25, 0.3) is 17.0 Å². The van der Waals surface area contributed by atoms with Crippen molar-refractivity contribution >= 4 is 17.0 Å². The smallest absolute Gasteiger partial charge is 0.261 e. The van der Waals surface area contributed by atoms with Crippen molar-refractivity contribution in [3.05, 3.63) is 70.3 Å². The van der Waals surface area contributed by atoms with Gasteiger partial charge in [-0.2, -0.15) is 0 Å². The van der Waals surface area contributed by atoms with E-state index >= 15 is 0 Å². The maximum atomic E-state index is 13.4. The minimum atomic E-state index is 0.0397. The van der Waals surface area contributed by atoms with Gasteiger partial charge in [-0.1, -0.05) is 30.7 Å². The van der Waals surface area contributed by atoms with Crippen molar-refractivity contribution in [2.75, 3.05) is 20.8 Å². The minimum Gasteiger partial charge on any atom is -0.497 e. The van der Waals surface area contributed by atoms with Crippen LogP contribution in [0, 0.1) is 11.8 Å². The van der Waals surface area contributed by atoms with Crippen LogP contribution in [0.1, 0.15) is 37.1 Å². The molecule has 2 unspecified atom stereocenters. The summed E-state index contributed by atoms with van der Waals surface area (Å²) in [6.07, 6.45) is 9.15. The Morgan fingerprint density at radius 2 is 1.94 bits per heavy atom. The van der Waals surface area contributed by atoms with E-state index in [9.17, 15) is 4.79 Å². The van der Waals surface area contributed by atoms with Gasteiger partial charge in [0.1, 0.15) is 17.3 Å². The van der Waals surface area contributed by atoms with Crippen molar-refractivity contribution in [2.45, 2.75) is 38.6 Å². The highest BCUT2D eigenvalue weighted by atomic mass is 16.5. The third-order valence-corrected chi connectivity index (χ3v) is 6.64. The summed E-state index contributed by atoms with van der Waals surface area (Å²) in [4.78, 5) is 18.3. The lowest BCUT2D eigenvalue weighted by molar-refractivity contribution is 0.244. The minimum absolute atomic E-state index is 0.0397. The van der Waals surface area contributed by atoms with Crippen molar-refractivity contribution in [3.8, 4) is 11.5 Å². The van der Waals surface area contributed by atoms with Gasteiger partial charge in [-0.3, -0.25) is 9.36 Å². The fourth-order valence-corrected chi connectivity index (χ4v) is 4.86. The van der Waals surface area contributed by atoms with Crippen molar-refractivity contribution in [1.29, 1.82) is 0 Å². The third kappa shape index (κ3) is 5.28. The van der Waals surface area contributed by atoms with E-state index < -0.39 is 0 Å². The van der Waals surface area contributed by atoms with Crippen LogP contribution in [0.5, 0.6) is 11.5 Å². The molecule has 174 valence electrons. The Labute approximate surface area is 195 Å². The largest absolute Gasteiger partial charge is 0.497 e. The Kier molecular flexibility index (Phi) is 7.45. The van der Waals surface area contributed by atoms with E-state index in [0.717, 1.165) is 47.8 Å².